The van der Waals surface area contributed by atoms with Crippen molar-refractivity contribution >= 4 is 58.2 Å². The first-order valence-corrected chi connectivity index (χ1v) is 17.6. The molecule has 3 fully saturated rings. The number of aryl methyl sites for hydroxylation is 1. The first-order chi connectivity index (χ1) is 24.5. The largest absolute Gasteiger partial charge is 0.508 e. The van der Waals surface area contributed by atoms with E-state index in [4.69, 9.17) is 23.2 Å². The van der Waals surface area contributed by atoms with Crippen LogP contribution < -0.4 is 10.3 Å². The number of hydrazine groups is 1. The molecule has 4 amide bonds. The van der Waals surface area contributed by atoms with Gasteiger partial charge in [-0.25, -0.2) is 4.39 Å². The average Bonchev–Trinajstić information content (AvgIpc) is 3.51. The van der Waals surface area contributed by atoms with Crippen molar-refractivity contribution in [3.05, 3.63) is 135 Å². The highest BCUT2D eigenvalue weighted by molar-refractivity contribution is 6.31. The van der Waals surface area contributed by atoms with Gasteiger partial charge in [0.05, 0.1) is 34.5 Å². The summed E-state index contributed by atoms with van der Waals surface area (Å²) in [5, 5.41) is 13.2. The summed E-state index contributed by atoms with van der Waals surface area (Å²) in [4.78, 5) is 59.6. The Kier molecular flexibility index (Phi) is 8.03. The van der Waals surface area contributed by atoms with Gasteiger partial charge in [-0.2, -0.15) is 5.01 Å². The summed E-state index contributed by atoms with van der Waals surface area (Å²) >= 11 is 12.9. The number of halogens is 3. The number of phenolic OH excluding ortho intramolecular Hbond substituents is 1. The molecule has 0 radical (unpaired) electrons. The third-order valence-electron chi connectivity index (χ3n) is 11.2. The van der Waals surface area contributed by atoms with E-state index in [0.29, 0.717) is 38.1 Å². The third kappa shape index (κ3) is 5.00. The van der Waals surface area contributed by atoms with Gasteiger partial charge in [0.15, 0.2) is 0 Å². The number of imide groups is 2. The maximum Gasteiger partial charge on any atom is 0.260 e. The van der Waals surface area contributed by atoms with Gasteiger partial charge in [-0.1, -0.05) is 66.0 Å². The molecular weight excluding hydrogens is 692 g/mol. The second-order valence-electron chi connectivity index (χ2n) is 13.6. The van der Waals surface area contributed by atoms with Crippen molar-refractivity contribution in [2.24, 2.45) is 23.7 Å². The summed E-state index contributed by atoms with van der Waals surface area (Å²) in [5.74, 6) is -6.59. The molecule has 2 aliphatic carbocycles. The quantitative estimate of drug-likeness (QED) is 0.157. The van der Waals surface area contributed by atoms with Gasteiger partial charge in [-0.15, -0.1) is 0 Å². The van der Waals surface area contributed by atoms with E-state index >= 15 is 4.79 Å². The number of carbonyl (C=O) groups is 4. The number of fused-ring (bicyclic) bond motifs is 4. The molecule has 8 nitrogen and oxygen atoms in total. The monoisotopic (exact) mass is 723 g/mol. The van der Waals surface area contributed by atoms with Crippen molar-refractivity contribution in [1.29, 1.82) is 0 Å². The van der Waals surface area contributed by atoms with Crippen LogP contribution in [-0.2, 0) is 31.0 Å². The lowest BCUT2D eigenvalue weighted by Crippen LogP contribution is -2.53. The minimum atomic E-state index is -1.63. The number of anilines is 2. The third-order valence-corrected chi connectivity index (χ3v) is 11.6. The molecule has 2 N–H and O–H groups in total. The van der Waals surface area contributed by atoms with E-state index in [9.17, 15) is 23.9 Å². The fourth-order valence-electron chi connectivity index (χ4n) is 8.89. The molecule has 6 atom stereocenters. The molecule has 8 rings (SSSR count). The lowest BCUT2D eigenvalue weighted by atomic mass is 9.49. The molecule has 2 aliphatic heterocycles. The van der Waals surface area contributed by atoms with Crippen LogP contribution in [0.15, 0.2) is 103 Å². The zero-order valence-corrected chi connectivity index (χ0v) is 28.9. The smallest absolute Gasteiger partial charge is 0.260 e. The number of amides is 4. The van der Waals surface area contributed by atoms with Gasteiger partial charge >= 0.3 is 0 Å². The Morgan fingerprint density at radius 3 is 2.22 bits per heavy atom. The normalized spacial score (nSPS) is 26.9. The molecule has 4 aliphatic rings. The highest BCUT2D eigenvalue weighted by Gasteiger charge is 2.70. The molecule has 51 heavy (non-hydrogen) atoms. The zero-order valence-electron chi connectivity index (χ0n) is 27.4. The van der Waals surface area contributed by atoms with Gasteiger partial charge in [-0.3, -0.25) is 29.5 Å². The standard InChI is InChI=1S/C40H32Cl2FN3O5/c1-2-21-3-14-27(15-4-21)45-36(48)29-17-16-28-30(34(29)38(45)50)20-32-37(49)46(44-26-12-10-25(43)11-13-26)39(51)40(32,22-5-7-23(41)8-6-22)35(28)31-19-24(42)9-18-33(31)47/h3-16,18-19,29-30,32,34-35,44,47H,2,17,20H2,1H3. The maximum absolute atomic E-state index is 15.2. The summed E-state index contributed by atoms with van der Waals surface area (Å²) in [6.45, 7) is 2.02. The van der Waals surface area contributed by atoms with E-state index in [2.05, 4.69) is 5.43 Å². The van der Waals surface area contributed by atoms with Crippen LogP contribution in [0.25, 0.3) is 0 Å². The number of allylic oxidation sites excluding steroid dienone is 2. The minimum absolute atomic E-state index is 0.0707. The van der Waals surface area contributed by atoms with Gasteiger partial charge in [0, 0.05) is 21.5 Å². The second-order valence-corrected chi connectivity index (χ2v) is 14.5. The number of benzene rings is 4. The lowest BCUT2D eigenvalue weighted by molar-refractivity contribution is -0.138. The van der Waals surface area contributed by atoms with Gasteiger partial charge in [0.1, 0.15) is 11.6 Å². The summed E-state index contributed by atoms with van der Waals surface area (Å²) < 4.78 is 13.8. The minimum Gasteiger partial charge on any atom is -0.508 e. The van der Waals surface area contributed by atoms with Crippen molar-refractivity contribution < 1.29 is 28.7 Å². The molecular formula is C40H32Cl2FN3O5. The average molecular weight is 725 g/mol. The molecule has 258 valence electrons. The molecule has 0 spiro atoms. The van der Waals surface area contributed by atoms with E-state index in [0.717, 1.165) is 17.0 Å². The van der Waals surface area contributed by atoms with Crippen LogP contribution in [0.1, 0.15) is 42.4 Å². The first-order valence-electron chi connectivity index (χ1n) is 16.9. The summed E-state index contributed by atoms with van der Waals surface area (Å²) in [5.41, 5.74) is 4.61. The number of aromatic hydroxyl groups is 1. The number of hydrogen-bond donors (Lipinski definition) is 2. The Labute approximate surface area is 303 Å². The zero-order chi connectivity index (χ0) is 35.8. The summed E-state index contributed by atoms with van der Waals surface area (Å²) in [6, 6.07) is 23.9. The van der Waals surface area contributed by atoms with E-state index in [1.165, 1.54) is 41.3 Å². The van der Waals surface area contributed by atoms with E-state index in [-0.39, 0.29) is 30.4 Å². The highest BCUT2D eigenvalue weighted by atomic mass is 35.5. The lowest BCUT2D eigenvalue weighted by Gasteiger charge is -2.50. The van der Waals surface area contributed by atoms with Crippen LogP contribution in [0.3, 0.4) is 0 Å². The van der Waals surface area contributed by atoms with Gasteiger partial charge in [0.2, 0.25) is 11.8 Å². The number of carbonyl (C=O) groups excluding carboxylic acids is 4. The highest BCUT2D eigenvalue weighted by Crippen LogP contribution is 2.65. The van der Waals surface area contributed by atoms with Crippen LogP contribution >= 0.6 is 23.2 Å². The Balaban J connectivity index is 1.32. The summed E-state index contributed by atoms with van der Waals surface area (Å²) in [7, 11) is 0. The predicted octanol–water partition coefficient (Wildman–Crippen LogP) is 7.59. The topological polar surface area (TPSA) is 107 Å². The fraction of sp³-hybridized carbons (Fsp3) is 0.250. The first kappa shape index (κ1) is 33.2. The van der Waals surface area contributed by atoms with Crippen molar-refractivity contribution in [2.45, 2.75) is 37.5 Å². The van der Waals surface area contributed by atoms with Gasteiger partial charge < -0.3 is 5.11 Å². The SMILES string of the molecule is CCc1ccc(N2C(=O)C3CC=C4C(CC5C(=O)N(Nc6ccc(F)cc6)C(=O)C5(c5ccc(Cl)cc5)C4c4cc(Cl)ccc4O)C3C2=O)cc1. The number of rotatable bonds is 6. The number of nitrogens with zero attached hydrogens (tertiary/aromatic N) is 2. The number of phenols is 1. The number of nitrogens with one attached hydrogen (secondary N) is 1. The van der Waals surface area contributed by atoms with Gasteiger partial charge in [0.25, 0.3) is 11.8 Å². The molecule has 6 unspecified atom stereocenters. The molecule has 4 aromatic rings. The van der Waals surface area contributed by atoms with Crippen LogP contribution in [0.2, 0.25) is 10.0 Å². The Morgan fingerprint density at radius 1 is 0.843 bits per heavy atom. The van der Waals surface area contributed by atoms with Crippen LogP contribution in [-0.4, -0.2) is 33.7 Å². The fourth-order valence-corrected chi connectivity index (χ4v) is 9.20. The Hall–Kier alpha value is -4.99. The Bertz CT molecular complexity index is 2140. The summed E-state index contributed by atoms with van der Waals surface area (Å²) in [6.07, 6.45) is 3.01. The van der Waals surface area contributed by atoms with Crippen molar-refractivity contribution in [1.82, 2.24) is 5.01 Å². The molecule has 2 saturated heterocycles. The molecule has 1 saturated carbocycles. The predicted molar refractivity (Wildman–Crippen MR) is 190 cm³/mol. The van der Waals surface area contributed by atoms with Gasteiger partial charge in [-0.05, 0) is 103 Å². The molecule has 0 aromatic heterocycles. The molecule has 11 heteroatoms. The van der Waals surface area contributed by atoms with E-state index in [1.54, 1.807) is 42.5 Å². The Morgan fingerprint density at radius 2 is 1.53 bits per heavy atom. The van der Waals surface area contributed by atoms with Crippen LogP contribution in [0.4, 0.5) is 15.8 Å². The molecule has 2 heterocycles. The van der Waals surface area contributed by atoms with E-state index < -0.39 is 52.6 Å². The maximum atomic E-state index is 15.2. The van der Waals surface area contributed by atoms with Crippen LogP contribution in [0, 0.1) is 29.5 Å². The second kappa shape index (κ2) is 12.4. The van der Waals surface area contributed by atoms with Crippen LogP contribution in [0.5, 0.6) is 5.75 Å². The van der Waals surface area contributed by atoms with Crippen molar-refractivity contribution in [3.63, 3.8) is 0 Å². The van der Waals surface area contributed by atoms with Crippen molar-refractivity contribution in [3.8, 4) is 5.75 Å². The number of hydrogen-bond acceptors (Lipinski definition) is 6. The molecule has 4 aromatic carbocycles. The molecule has 0 bridgehead atoms. The van der Waals surface area contributed by atoms with E-state index in [1.807, 2.05) is 25.1 Å². The van der Waals surface area contributed by atoms with Crippen molar-refractivity contribution in [2.75, 3.05) is 10.3 Å².